The Hall–Kier alpha value is -2.65. The van der Waals surface area contributed by atoms with Gasteiger partial charge in [-0.2, -0.15) is 0 Å². The van der Waals surface area contributed by atoms with Crippen molar-refractivity contribution in [3.05, 3.63) is 47.2 Å². The van der Waals surface area contributed by atoms with Crippen molar-refractivity contribution in [1.82, 2.24) is 15.6 Å². The van der Waals surface area contributed by atoms with Gasteiger partial charge < -0.3 is 15.5 Å². The van der Waals surface area contributed by atoms with Crippen LogP contribution < -0.4 is 20.3 Å². The molecule has 0 atom stereocenters. The van der Waals surface area contributed by atoms with E-state index in [1.54, 1.807) is 25.1 Å². The van der Waals surface area contributed by atoms with Crippen molar-refractivity contribution in [1.29, 1.82) is 0 Å². The summed E-state index contributed by atoms with van der Waals surface area (Å²) in [6.07, 6.45) is 6.88. The van der Waals surface area contributed by atoms with Crippen molar-refractivity contribution >= 4 is 27.4 Å². The van der Waals surface area contributed by atoms with Crippen LogP contribution in [0.25, 0.3) is 0 Å². The molecule has 0 spiro atoms. The Labute approximate surface area is 196 Å². The van der Waals surface area contributed by atoms with Gasteiger partial charge in [0.1, 0.15) is 5.82 Å². The summed E-state index contributed by atoms with van der Waals surface area (Å²) in [6.45, 7) is 6.80. The second-order valence-corrected chi connectivity index (χ2v) is 10.7. The average Bonchev–Trinajstić information content (AvgIpc) is 2.80. The lowest BCUT2D eigenvalue weighted by Crippen LogP contribution is -2.45. The smallest absolute Gasteiger partial charge is 0.262 e. The molecule has 8 nitrogen and oxygen atoms in total. The van der Waals surface area contributed by atoms with E-state index in [9.17, 15) is 13.2 Å². The lowest BCUT2D eigenvalue weighted by molar-refractivity contribution is 0.0928. The number of nitrogens with zero attached hydrogens (tertiary/aromatic N) is 2. The number of piperazine rings is 1. The quantitative estimate of drug-likeness (QED) is 0.599. The minimum Gasteiger partial charge on any atom is -0.353 e. The minimum atomic E-state index is -3.81. The van der Waals surface area contributed by atoms with Gasteiger partial charge >= 0.3 is 0 Å². The zero-order valence-electron chi connectivity index (χ0n) is 19.4. The summed E-state index contributed by atoms with van der Waals surface area (Å²) in [5.41, 5.74) is 2.35. The molecule has 33 heavy (non-hydrogen) atoms. The SMILES string of the molecule is Cc1ccc(S(=O)(=O)Nc2cnc(N3CCNCC3)c(C(=O)NC3CCCCC3)c2)c(C)c1. The molecular formula is C24H33N5O3S. The lowest BCUT2D eigenvalue weighted by Gasteiger charge is -2.30. The summed E-state index contributed by atoms with van der Waals surface area (Å²) in [6, 6.07) is 6.98. The van der Waals surface area contributed by atoms with E-state index >= 15 is 0 Å². The highest BCUT2D eigenvalue weighted by atomic mass is 32.2. The number of hydrogen-bond donors (Lipinski definition) is 3. The second kappa shape index (κ2) is 10.1. The molecule has 1 aromatic carbocycles. The van der Waals surface area contributed by atoms with Gasteiger partial charge in [-0.1, -0.05) is 37.0 Å². The number of carbonyl (C=O) groups excluding carboxylic acids is 1. The van der Waals surface area contributed by atoms with Gasteiger partial charge in [-0.3, -0.25) is 9.52 Å². The highest BCUT2D eigenvalue weighted by Gasteiger charge is 2.25. The average molecular weight is 472 g/mol. The minimum absolute atomic E-state index is 0.151. The van der Waals surface area contributed by atoms with Crippen LogP contribution in [0.15, 0.2) is 35.4 Å². The molecule has 2 heterocycles. The molecule has 1 amide bonds. The van der Waals surface area contributed by atoms with Crippen molar-refractivity contribution < 1.29 is 13.2 Å². The summed E-state index contributed by atoms with van der Waals surface area (Å²) in [7, 11) is -3.81. The number of aromatic nitrogens is 1. The largest absolute Gasteiger partial charge is 0.353 e. The Morgan fingerprint density at radius 2 is 1.82 bits per heavy atom. The van der Waals surface area contributed by atoms with E-state index < -0.39 is 10.0 Å². The van der Waals surface area contributed by atoms with Crippen molar-refractivity contribution in [3.63, 3.8) is 0 Å². The molecule has 1 aliphatic heterocycles. The first-order valence-electron chi connectivity index (χ1n) is 11.7. The standard InChI is InChI=1S/C24H33N5O3S/c1-17-8-9-22(18(2)14-17)33(31,32)28-20-15-21(24(30)27-19-6-4-3-5-7-19)23(26-16-20)29-12-10-25-11-13-29/h8-9,14-16,19,25,28H,3-7,10-13H2,1-2H3,(H,27,30). The van der Waals surface area contributed by atoms with E-state index in [-0.39, 0.29) is 22.5 Å². The maximum Gasteiger partial charge on any atom is 0.262 e. The van der Waals surface area contributed by atoms with Gasteiger partial charge in [0, 0.05) is 32.2 Å². The summed E-state index contributed by atoms with van der Waals surface area (Å²) in [4.78, 5) is 20.1. The third-order valence-electron chi connectivity index (χ3n) is 6.34. The molecule has 2 aromatic rings. The number of anilines is 2. The van der Waals surface area contributed by atoms with E-state index in [4.69, 9.17) is 0 Å². The molecule has 0 unspecified atom stereocenters. The monoisotopic (exact) mass is 471 g/mol. The third-order valence-corrected chi connectivity index (χ3v) is 7.88. The summed E-state index contributed by atoms with van der Waals surface area (Å²) in [5.74, 6) is 0.398. The number of sulfonamides is 1. The van der Waals surface area contributed by atoms with Crippen LogP contribution in [-0.4, -0.2) is 51.5 Å². The van der Waals surface area contributed by atoms with Crippen molar-refractivity contribution in [2.45, 2.75) is 56.9 Å². The summed E-state index contributed by atoms with van der Waals surface area (Å²) >= 11 is 0. The Morgan fingerprint density at radius 1 is 1.09 bits per heavy atom. The first kappa shape index (κ1) is 23.5. The number of aryl methyl sites for hydroxylation is 2. The maximum atomic E-state index is 13.3. The van der Waals surface area contributed by atoms with Crippen LogP contribution in [0.5, 0.6) is 0 Å². The second-order valence-electron chi connectivity index (χ2n) is 9.02. The number of benzene rings is 1. The molecule has 1 aliphatic carbocycles. The zero-order chi connectivity index (χ0) is 23.4. The zero-order valence-corrected chi connectivity index (χ0v) is 20.2. The van der Waals surface area contributed by atoms with E-state index in [2.05, 4.69) is 25.2 Å². The van der Waals surface area contributed by atoms with Crippen molar-refractivity contribution in [3.8, 4) is 0 Å². The van der Waals surface area contributed by atoms with Gasteiger partial charge in [-0.25, -0.2) is 13.4 Å². The van der Waals surface area contributed by atoms with Gasteiger partial charge in [-0.15, -0.1) is 0 Å². The molecule has 1 saturated carbocycles. The summed E-state index contributed by atoms with van der Waals surface area (Å²) in [5, 5.41) is 6.46. The molecule has 178 valence electrons. The molecule has 1 saturated heterocycles. The van der Waals surface area contributed by atoms with Gasteiger partial charge in [0.05, 0.1) is 22.3 Å². The van der Waals surface area contributed by atoms with Crippen LogP contribution in [0.4, 0.5) is 11.5 Å². The Morgan fingerprint density at radius 3 is 2.52 bits per heavy atom. The predicted molar refractivity (Wildman–Crippen MR) is 130 cm³/mol. The molecule has 3 N–H and O–H groups in total. The fraction of sp³-hybridized carbons (Fsp3) is 0.500. The van der Waals surface area contributed by atoms with E-state index in [1.807, 2.05) is 13.0 Å². The van der Waals surface area contributed by atoms with Crippen LogP contribution in [-0.2, 0) is 10.0 Å². The van der Waals surface area contributed by atoms with E-state index in [1.165, 1.54) is 12.6 Å². The number of hydrogen-bond acceptors (Lipinski definition) is 6. The highest BCUT2D eigenvalue weighted by molar-refractivity contribution is 7.92. The molecule has 2 aliphatic rings. The Bertz CT molecular complexity index is 1110. The van der Waals surface area contributed by atoms with Gasteiger partial charge in [0.2, 0.25) is 0 Å². The number of rotatable bonds is 6. The Kier molecular flexibility index (Phi) is 7.19. The molecule has 2 fully saturated rings. The van der Waals surface area contributed by atoms with Crippen LogP contribution in [0, 0.1) is 13.8 Å². The van der Waals surface area contributed by atoms with Gasteiger partial charge in [0.25, 0.3) is 15.9 Å². The first-order valence-corrected chi connectivity index (χ1v) is 13.2. The van der Waals surface area contributed by atoms with Crippen LogP contribution in [0.1, 0.15) is 53.6 Å². The number of amides is 1. The number of nitrogens with one attached hydrogen (secondary N) is 3. The first-order chi connectivity index (χ1) is 15.8. The highest BCUT2D eigenvalue weighted by Crippen LogP contribution is 2.26. The normalized spacial score (nSPS) is 17.6. The number of pyridine rings is 1. The van der Waals surface area contributed by atoms with Crippen molar-refractivity contribution in [2.24, 2.45) is 0 Å². The molecular weight excluding hydrogens is 438 g/mol. The molecule has 4 rings (SSSR count). The fourth-order valence-corrected chi connectivity index (χ4v) is 5.89. The van der Waals surface area contributed by atoms with Gasteiger partial charge in [0.15, 0.2) is 0 Å². The van der Waals surface area contributed by atoms with Crippen LogP contribution >= 0.6 is 0 Å². The van der Waals surface area contributed by atoms with Crippen LogP contribution in [0.2, 0.25) is 0 Å². The molecule has 0 radical (unpaired) electrons. The molecule has 9 heteroatoms. The predicted octanol–water partition coefficient (Wildman–Crippen LogP) is 2.97. The topological polar surface area (TPSA) is 103 Å². The van der Waals surface area contributed by atoms with Gasteiger partial charge in [-0.05, 0) is 44.4 Å². The van der Waals surface area contributed by atoms with E-state index in [0.717, 1.165) is 57.4 Å². The number of carbonyl (C=O) groups is 1. The summed E-state index contributed by atoms with van der Waals surface area (Å²) < 4.78 is 28.7. The fourth-order valence-electron chi connectivity index (χ4n) is 4.63. The maximum absolute atomic E-state index is 13.3. The van der Waals surface area contributed by atoms with Crippen LogP contribution in [0.3, 0.4) is 0 Å². The Balaban J connectivity index is 1.63. The third kappa shape index (κ3) is 5.65. The van der Waals surface area contributed by atoms with Crippen molar-refractivity contribution in [2.75, 3.05) is 35.8 Å². The molecule has 1 aromatic heterocycles. The molecule has 0 bridgehead atoms. The van der Waals surface area contributed by atoms with E-state index in [0.29, 0.717) is 16.9 Å². The lowest BCUT2D eigenvalue weighted by atomic mass is 9.95.